The number of anilines is 1. The summed E-state index contributed by atoms with van der Waals surface area (Å²) in [6.07, 6.45) is 5.64. The van der Waals surface area contributed by atoms with Crippen molar-refractivity contribution in [1.82, 2.24) is 4.98 Å². The smallest absolute Gasteiger partial charge is 0.126 e. The average Bonchev–Trinajstić information content (AvgIpc) is 2.50. The van der Waals surface area contributed by atoms with Crippen molar-refractivity contribution in [1.29, 1.82) is 0 Å². The fourth-order valence-electron chi connectivity index (χ4n) is 2.23. The van der Waals surface area contributed by atoms with E-state index in [-0.39, 0.29) is 0 Å². The van der Waals surface area contributed by atoms with Crippen molar-refractivity contribution in [3.05, 3.63) is 22.8 Å². The van der Waals surface area contributed by atoms with Gasteiger partial charge in [0.05, 0.1) is 0 Å². The highest BCUT2D eigenvalue weighted by Crippen LogP contribution is 2.38. The second-order valence-corrected chi connectivity index (χ2v) is 6.03. The van der Waals surface area contributed by atoms with Gasteiger partial charge in [-0.05, 0) is 52.7 Å². The highest BCUT2D eigenvalue weighted by Gasteiger charge is 2.30. The molecule has 2 nitrogen and oxygen atoms in total. The van der Waals surface area contributed by atoms with Gasteiger partial charge >= 0.3 is 0 Å². The molecular weight excluding hydrogens is 252 g/mol. The van der Waals surface area contributed by atoms with Crippen LogP contribution in [0.3, 0.4) is 0 Å². The molecule has 0 spiro atoms. The van der Waals surface area contributed by atoms with E-state index >= 15 is 0 Å². The first-order valence-electron chi connectivity index (χ1n) is 5.43. The van der Waals surface area contributed by atoms with Crippen molar-refractivity contribution < 1.29 is 0 Å². The molecule has 1 atom stereocenters. The Labute approximate surface area is 99.6 Å². The van der Waals surface area contributed by atoms with E-state index in [1.807, 2.05) is 18.3 Å². The molecular formula is C12H17BrN2. The standard InChI is InChI=1S/C12H17BrN2/c1-12(2)6-5-10(7-12)15-11-4-3-9(13)8-14-11/h3-4,8,10H,5-7H2,1-2H3,(H,14,15). The van der Waals surface area contributed by atoms with Crippen LogP contribution in [0, 0.1) is 5.41 Å². The number of nitrogens with zero attached hydrogens (tertiary/aromatic N) is 1. The van der Waals surface area contributed by atoms with Gasteiger partial charge in [0.25, 0.3) is 0 Å². The second kappa shape index (κ2) is 4.12. The monoisotopic (exact) mass is 268 g/mol. The molecule has 1 aromatic rings. The lowest BCUT2D eigenvalue weighted by Gasteiger charge is -2.18. The van der Waals surface area contributed by atoms with Crippen LogP contribution in [0.2, 0.25) is 0 Å². The van der Waals surface area contributed by atoms with Crippen LogP contribution >= 0.6 is 15.9 Å². The predicted molar refractivity (Wildman–Crippen MR) is 67.0 cm³/mol. The van der Waals surface area contributed by atoms with Crippen LogP contribution in [0.25, 0.3) is 0 Å². The van der Waals surface area contributed by atoms with E-state index in [2.05, 4.69) is 40.1 Å². The Kier molecular flexibility index (Phi) is 3.01. The second-order valence-electron chi connectivity index (χ2n) is 5.11. The van der Waals surface area contributed by atoms with E-state index in [1.165, 1.54) is 19.3 Å². The van der Waals surface area contributed by atoms with Gasteiger partial charge < -0.3 is 5.32 Å². The van der Waals surface area contributed by atoms with Gasteiger partial charge in [-0.15, -0.1) is 0 Å². The Bertz CT molecular complexity index is 332. The van der Waals surface area contributed by atoms with E-state index in [0.717, 1.165) is 10.3 Å². The van der Waals surface area contributed by atoms with Gasteiger partial charge in [-0.3, -0.25) is 0 Å². The topological polar surface area (TPSA) is 24.9 Å². The molecule has 1 unspecified atom stereocenters. The number of nitrogens with one attached hydrogen (secondary N) is 1. The number of rotatable bonds is 2. The lowest BCUT2D eigenvalue weighted by Crippen LogP contribution is -2.18. The molecule has 1 aromatic heterocycles. The van der Waals surface area contributed by atoms with E-state index < -0.39 is 0 Å². The summed E-state index contributed by atoms with van der Waals surface area (Å²) < 4.78 is 1.03. The van der Waals surface area contributed by atoms with Crippen LogP contribution in [0.1, 0.15) is 33.1 Å². The largest absolute Gasteiger partial charge is 0.367 e. The lowest BCUT2D eigenvalue weighted by molar-refractivity contribution is 0.378. The summed E-state index contributed by atoms with van der Waals surface area (Å²) in [5.41, 5.74) is 0.493. The molecule has 0 saturated heterocycles. The molecule has 82 valence electrons. The number of pyridine rings is 1. The molecule has 0 amide bonds. The van der Waals surface area contributed by atoms with Crippen molar-refractivity contribution in [2.45, 2.75) is 39.2 Å². The zero-order chi connectivity index (χ0) is 10.9. The Morgan fingerprint density at radius 2 is 2.27 bits per heavy atom. The van der Waals surface area contributed by atoms with Crippen molar-refractivity contribution in [3.8, 4) is 0 Å². The minimum absolute atomic E-state index is 0.493. The molecule has 0 radical (unpaired) electrons. The summed E-state index contributed by atoms with van der Waals surface area (Å²) in [4.78, 5) is 4.33. The quantitative estimate of drug-likeness (QED) is 0.882. The van der Waals surface area contributed by atoms with E-state index in [1.54, 1.807) is 0 Å². The maximum Gasteiger partial charge on any atom is 0.126 e. The molecule has 3 heteroatoms. The zero-order valence-corrected chi connectivity index (χ0v) is 10.8. The molecule has 1 N–H and O–H groups in total. The molecule has 2 rings (SSSR count). The molecule has 1 saturated carbocycles. The molecule has 1 heterocycles. The fourth-order valence-corrected chi connectivity index (χ4v) is 2.46. The van der Waals surface area contributed by atoms with Crippen molar-refractivity contribution in [2.24, 2.45) is 5.41 Å². The first-order chi connectivity index (χ1) is 7.05. The number of halogens is 1. The Morgan fingerprint density at radius 3 is 2.80 bits per heavy atom. The van der Waals surface area contributed by atoms with Gasteiger partial charge in [0.1, 0.15) is 5.82 Å². The van der Waals surface area contributed by atoms with Gasteiger partial charge in [-0.1, -0.05) is 13.8 Å². The molecule has 1 aliphatic rings. The normalized spacial score (nSPS) is 24.1. The van der Waals surface area contributed by atoms with Crippen molar-refractivity contribution in [2.75, 3.05) is 5.32 Å². The van der Waals surface area contributed by atoms with E-state index in [0.29, 0.717) is 11.5 Å². The maximum absolute atomic E-state index is 4.33. The molecule has 0 aromatic carbocycles. The number of hydrogen-bond acceptors (Lipinski definition) is 2. The van der Waals surface area contributed by atoms with Gasteiger partial charge in [0, 0.05) is 16.7 Å². The van der Waals surface area contributed by atoms with Crippen molar-refractivity contribution in [3.63, 3.8) is 0 Å². The SMILES string of the molecule is CC1(C)CCC(Nc2ccc(Br)cn2)C1. The minimum Gasteiger partial charge on any atom is -0.367 e. The lowest BCUT2D eigenvalue weighted by atomic mass is 9.92. The molecule has 0 bridgehead atoms. The number of aromatic nitrogens is 1. The molecule has 1 aliphatic carbocycles. The summed E-state index contributed by atoms with van der Waals surface area (Å²) >= 11 is 3.39. The van der Waals surface area contributed by atoms with Crippen LogP contribution in [-0.4, -0.2) is 11.0 Å². The highest BCUT2D eigenvalue weighted by molar-refractivity contribution is 9.10. The Hall–Kier alpha value is -0.570. The molecule has 0 aliphatic heterocycles. The summed E-state index contributed by atoms with van der Waals surface area (Å²) in [6, 6.07) is 4.64. The first-order valence-corrected chi connectivity index (χ1v) is 6.23. The van der Waals surface area contributed by atoms with Crippen LogP contribution in [0.15, 0.2) is 22.8 Å². The van der Waals surface area contributed by atoms with Crippen molar-refractivity contribution >= 4 is 21.7 Å². The minimum atomic E-state index is 0.493. The zero-order valence-electron chi connectivity index (χ0n) is 9.26. The third kappa shape index (κ3) is 2.94. The predicted octanol–water partition coefficient (Wildman–Crippen LogP) is 3.83. The van der Waals surface area contributed by atoms with Gasteiger partial charge in [-0.2, -0.15) is 0 Å². The third-order valence-corrected chi connectivity index (χ3v) is 3.52. The van der Waals surface area contributed by atoms with Gasteiger partial charge in [-0.25, -0.2) is 4.98 Å². The highest BCUT2D eigenvalue weighted by atomic mass is 79.9. The summed E-state index contributed by atoms with van der Waals surface area (Å²) in [7, 11) is 0. The fraction of sp³-hybridized carbons (Fsp3) is 0.583. The maximum atomic E-state index is 4.33. The first kappa shape index (κ1) is 10.9. The van der Waals surface area contributed by atoms with Gasteiger partial charge in [0.2, 0.25) is 0 Å². The third-order valence-electron chi connectivity index (χ3n) is 3.05. The Morgan fingerprint density at radius 1 is 1.47 bits per heavy atom. The van der Waals surface area contributed by atoms with Crippen LogP contribution in [0.4, 0.5) is 5.82 Å². The van der Waals surface area contributed by atoms with E-state index in [9.17, 15) is 0 Å². The van der Waals surface area contributed by atoms with Crippen LogP contribution < -0.4 is 5.32 Å². The van der Waals surface area contributed by atoms with Gasteiger partial charge in [0.15, 0.2) is 0 Å². The van der Waals surface area contributed by atoms with Crippen LogP contribution in [0.5, 0.6) is 0 Å². The Balaban J connectivity index is 1.96. The average molecular weight is 269 g/mol. The molecule has 15 heavy (non-hydrogen) atoms. The number of hydrogen-bond donors (Lipinski definition) is 1. The summed E-state index contributed by atoms with van der Waals surface area (Å²) in [5, 5.41) is 3.49. The van der Waals surface area contributed by atoms with E-state index in [4.69, 9.17) is 0 Å². The summed E-state index contributed by atoms with van der Waals surface area (Å²) in [6.45, 7) is 4.67. The summed E-state index contributed by atoms with van der Waals surface area (Å²) in [5.74, 6) is 0.987. The van der Waals surface area contributed by atoms with Crippen LogP contribution in [-0.2, 0) is 0 Å². The molecule has 1 fully saturated rings.